The largest absolute Gasteiger partial charge is 0.347 e. The lowest BCUT2D eigenvalue weighted by molar-refractivity contribution is -0.261. The summed E-state index contributed by atoms with van der Waals surface area (Å²) in [5, 5.41) is 3.42. The van der Waals surface area contributed by atoms with Crippen molar-refractivity contribution in [3.8, 4) is 0 Å². The van der Waals surface area contributed by atoms with Gasteiger partial charge in [0.25, 0.3) is 0 Å². The Bertz CT molecular complexity index is 602. The number of fused-ring (bicyclic) bond motifs is 6. The molecule has 0 N–H and O–H groups in total. The topological polar surface area (TPSA) is 47.9 Å². The molecule has 146 valence electrons. The third-order valence-electron chi connectivity index (χ3n) is 10.2. The van der Waals surface area contributed by atoms with Crippen molar-refractivity contribution in [3.63, 3.8) is 0 Å². The summed E-state index contributed by atoms with van der Waals surface area (Å²) in [5.41, 5.74) is 0.945. The zero-order valence-corrected chi connectivity index (χ0v) is 16.8. The summed E-state index contributed by atoms with van der Waals surface area (Å²) in [5.74, 6) is 1.86. The highest BCUT2D eigenvalue weighted by Gasteiger charge is 2.70. The number of ether oxygens (including phenoxy) is 2. The number of hydrogen-bond donors (Lipinski definition) is 0. The zero-order valence-electron chi connectivity index (χ0n) is 16.8. The molecule has 1 unspecified atom stereocenters. The van der Waals surface area contributed by atoms with E-state index in [1.54, 1.807) is 0 Å². The zero-order chi connectivity index (χ0) is 18.2. The van der Waals surface area contributed by atoms with Crippen LogP contribution in [0.3, 0.4) is 0 Å². The van der Waals surface area contributed by atoms with Crippen LogP contribution in [0, 0.1) is 38.9 Å². The molecule has 0 amide bonds. The monoisotopic (exact) mass is 361 g/mol. The van der Waals surface area contributed by atoms with Gasteiger partial charge in [0.2, 0.25) is 0 Å². The average Bonchev–Trinajstić information content (AvgIpc) is 3.21. The maximum atomic E-state index is 11.1. The van der Waals surface area contributed by atoms with Crippen molar-refractivity contribution >= 4 is 0 Å². The second-order valence-electron chi connectivity index (χ2n) is 10.8. The van der Waals surface area contributed by atoms with Crippen molar-refractivity contribution in [2.24, 2.45) is 39.2 Å². The Labute approximate surface area is 157 Å². The van der Waals surface area contributed by atoms with Crippen molar-refractivity contribution < 1.29 is 9.47 Å². The van der Waals surface area contributed by atoms with Gasteiger partial charge in [0, 0.05) is 11.8 Å². The van der Waals surface area contributed by atoms with E-state index >= 15 is 0 Å². The van der Waals surface area contributed by atoms with Crippen LogP contribution in [0.1, 0.15) is 78.6 Å². The molecule has 1 heterocycles. The number of nitroso groups, excluding NO2 is 1. The van der Waals surface area contributed by atoms with Gasteiger partial charge in [-0.3, -0.25) is 0 Å². The predicted molar refractivity (Wildman–Crippen MR) is 101 cm³/mol. The molecular formula is C22H35NO3. The summed E-state index contributed by atoms with van der Waals surface area (Å²) < 4.78 is 12.6. The molecule has 1 spiro atoms. The lowest BCUT2D eigenvalue weighted by Crippen LogP contribution is -2.61. The normalized spacial score (nSPS) is 55.2. The van der Waals surface area contributed by atoms with E-state index in [4.69, 9.17) is 9.47 Å². The second-order valence-corrected chi connectivity index (χ2v) is 10.8. The quantitative estimate of drug-likeness (QED) is 0.596. The van der Waals surface area contributed by atoms with E-state index in [2.05, 4.69) is 25.9 Å². The minimum Gasteiger partial charge on any atom is -0.347 e. The lowest BCUT2D eigenvalue weighted by Gasteiger charge is -2.66. The van der Waals surface area contributed by atoms with Crippen LogP contribution >= 0.6 is 0 Å². The van der Waals surface area contributed by atoms with Crippen molar-refractivity contribution in [2.45, 2.75) is 90.4 Å². The van der Waals surface area contributed by atoms with Crippen LogP contribution in [0.2, 0.25) is 0 Å². The Hall–Kier alpha value is -0.480. The fourth-order valence-corrected chi connectivity index (χ4v) is 8.89. The number of nitrogens with zero attached hydrogens (tertiary/aromatic N) is 1. The number of rotatable bonds is 1. The van der Waals surface area contributed by atoms with Crippen molar-refractivity contribution in [2.75, 3.05) is 13.2 Å². The van der Waals surface area contributed by atoms with Gasteiger partial charge in [0.15, 0.2) is 5.79 Å². The van der Waals surface area contributed by atoms with Gasteiger partial charge in [0.1, 0.15) is 0 Å². The Morgan fingerprint density at radius 1 is 0.808 bits per heavy atom. The van der Waals surface area contributed by atoms with Gasteiger partial charge < -0.3 is 9.47 Å². The summed E-state index contributed by atoms with van der Waals surface area (Å²) >= 11 is 0. The maximum Gasteiger partial charge on any atom is 0.174 e. The summed E-state index contributed by atoms with van der Waals surface area (Å²) in [6.07, 6.45) is 10.7. The van der Waals surface area contributed by atoms with Crippen LogP contribution < -0.4 is 0 Å². The van der Waals surface area contributed by atoms with Gasteiger partial charge in [-0.15, -0.1) is 0 Å². The summed E-state index contributed by atoms with van der Waals surface area (Å²) in [6.45, 7) is 9.15. The van der Waals surface area contributed by atoms with Gasteiger partial charge in [-0.05, 0) is 80.0 Å². The van der Waals surface area contributed by atoms with Crippen LogP contribution in [0.4, 0.5) is 0 Å². The first-order chi connectivity index (χ1) is 12.4. The SMILES string of the molecule is C[C@]12CCC(N=O)C[C@@H]1CC[C@]1(C)[C@@H]2CC[C@@]2(C)[C@H]1CCC21OCCO1. The van der Waals surface area contributed by atoms with Gasteiger partial charge in [-0.25, -0.2) is 0 Å². The third kappa shape index (κ3) is 1.98. The maximum absolute atomic E-state index is 11.1. The van der Waals surface area contributed by atoms with E-state index in [1.165, 1.54) is 38.5 Å². The standard InChI is InChI=1S/C22H35NO3/c1-19-9-5-16(23-24)14-15(19)4-8-20(2)17(19)6-10-21(3)18(20)7-11-22(21)25-12-13-26-22/h15-18H,4-14H2,1-3H3/t15-,16?,17+,18-,19-,20+,21-/m0/s1. The first-order valence-electron chi connectivity index (χ1n) is 11.0. The smallest absolute Gasteiger partial charge is 0.174 e. The van der Waals surface area contributed by atoms with Gasteiger partial charge in [-0.2, -0.15) is 4.91 Å². The van der Waals surface area contributed by atoms with Gasteiger partial charge in [-0.1, -0.05) is 25.9 Å². The first-order valence-corrected chi connectivity index (χ1v) is 11.0. The Morgan fingerprint density at radius 2 is 1.50 bits per heavy atom. The molecule has 4 nitrogen and oxygen atoms in total. The van der Waals surface area contributed by atoms with E-state index in [9.17, 15) is 4.91 Å². The second kappa shape index (κ2) is 5.53. The van der Waals surface area contributed by atoms with E-state index in [-0.39, 0.29) is 17.2 Å². The molecule has 0 aromatic heterocycles. The van der Waals surface area contributed by atoms with Crippen LogP contribution in [-0.2, 0) is 9.47 Å². The molecule has 0 radical (unpaired) electrons. The first kappa shape index (κ1) is 17.6. The van der Waals surface area contributed by atoms with Crippen molar-refractivity contribution in [3.05, 3.63) is 4.91 Å². The van der Waals surface area contributed by atoms with E-state index < -0.39 is 0 Å². The predicted octanol–water partition coefficient (Wildman–Crippen LogP) is 5.30. The fourth-order valence-electron chi connectivity index (χ4n) is 8.89. The van der Waals surface area contributed by atoms with E-state index in [0.717, 1.165) is 38.4 Å². The molecule has 1 aliphatic heterocycles. The molecule has 0 bridgehead atoms. The Morgan fingerprint density at radius 3 is 2.23 bits per heavy atom. The molecular weight excluding hydrogens is 326 g/mol. The summed E-state index contributed by atoms with van der Waals surface area (Å²) in [7, 11) is 0. The highest BCUT2D eigenvalue weighted by molar-refractivity contribution is 5.17. The van der Waals surface area contributed by atoms with Crippen LogP contribution in [0.5, 0.6) is 0 Å². The molecule has 0 aromatic carbocycles. The molecule has 7 atom stereocenters. The van der Waals surface area contributed by atoms with Crippen molar-refractivity contribution in [1.29, 1.82) is 0 Å². The van der Waals surface area contributed by atoms with Crippen molar-refractivity contribution in [1.82, 2.24) is 0 Å². The van der Waals surface area contributed by atoms with Crippen LogP contribution in [-0.4, -0.2) is 25.0 Å². The Kier molecular flexibility index (Phi) is 3.75. The molecule has 4 aliphatic carbocycles. The molecule has 4 heteroatoms. The van der Waals surface area contributed by atoms with Gasteiger partial charge >= 0.3 is 0 Å². The number of hydrogen-bond acceptors (Lipinski definition) is 4. The lowest BCUT2D eigenvalue weighted by atomic mass is 9.39. The minimum atomic E-state index is -0.303. The minimum absolute atomic E-state index is 0.0707. The highest BCUT2D eigenvalue weighted by Crippen LogP contribution is 2.73. The fraction of sp³-hybridized carbons (Fsp3) is 1.00. The van der Waals surface area contributed by atoms with Gasteiger partial charge in [0.05, 0.1) is 19.3 Å². The van der Waals surface area contributed by atoms with E-state index in [0.29, 0.717) is 22.7 Å². The molecule has 5 rings (SSSR count). The molecule has 1 saturated heterocycles. The molecule has 0 aromatic rings. The third-order valence-corrected chi connectivity index (χ3v) is 10.2. The Balaban J connectivity index is 1.48. The average molecular weight is 362 g/mol. The summed E-state index contributed by atoms with van der Waals surface area (Å²) in [6, 6.07) is 0.0707. The molecule has 4 saturated carbocycles. The van der Waals surface area contributed by atoms with Crippen LogP contribution in [0.25, 0.3) is 0 Å². The molecule has 26 heavy (non-hydrogen) atoms. The highest BCUT2D eigenvalue weighted by atomic mass is 16.7. The summed E-state index contributed by atoms with van der Waals surface area (Å²) in [4.78, 5) is 11.1. The van der Waals surface area contributed by atoms with E-state index in [1.807, 2.05) is 0 Å². The molecule has 5 aliphatic rings. The molecule has 5 fully saturated rings. The van der Waals surface area contributed by atoms with Crippen LogP contribution in [0.15, 0.2) is 5.18 Å².